The predicted octanol–water partition coefficient (Wildman–Crippen LogP) is 4.98. The average molecular weight is 341 g/mol. The van der Waals surface area contributed by atoms with E-state index >= 15 is 0 Å². The fourth-order valence-electron chi connectivity index (χ4n) is 2.88. The summed E-state index contributed by atoms with van der Waals surface area (Å²) in [4.78, 5) is 0. The first-order valence-electron chi connectivity index (χ1n) is 7.25. The average Bonchev–Trinajstić information content (AvgIpc) is 2.96. The highest BCUT2D eigenvalue weighted by molar-refractivity contribution is 9.10. The van der Waals surface area contributed by atoms with Crippen LogP contribution in [-0.4, -0.2) is 0 Å². The van der Waals surface area contributed by atoms with Crippen molar-refractivity contribution in [2.75, 3.05) is 5.32 Å². The summed E-state index contributed by atoms with van der Waals surface area (Å²) in [6.45, 7) is 2.17. The fraction of sp³-hybridized carbons (Fsp3) is 0.278. The third-order valence-corrected chi connectivity index (χ3v) is 4.75. The number of rotatable bonds is 3. The lowest BCUT2D eigenvalue weighted by molar-refractivity contribution is 0.878. The van der Waals surface area contributed by atoms with Crippen molar-refractivity contribution >= 4 is 21.6 Å². The van der Waals surface area contributed by atoms with Gasteiger partial charge < -0.3 is 5.32 Å². The van der Waals surface area contributed by atoms with Crippen molar-refractivity contribution < 1.29 is 0 Å². The van der Waals surface area contributed by atoms with Gasteiger partial charge in [-0.3, -0.25) is 0 Å². The van der Waals surface area contributed by atoms with Gasteiger partial charge in [0.1, 0.15) is 0 Å². The van der Waals surface area contributed by atoms with E-state index in [2.05, 4.69) is 52.4 Å². The van der Waals surface area contributed by atoms with Gasteiger partial charge in [0.05, 0.1) is 11.6 Å². The van der Waals surface area contributed by atoms with Crippen LogP contribution in [0.2, 0.25) is 0 Å². The van der Waals surface area contributed by atoms with Crippen LogP contribution in [0.3, 0.4) is 0 Å². The maximum absolute atomic E-state index is 8.91. The first-order chi connectivity index (χ1) is 10.2. The van der Waals surface area contributed by atoms with E-state index in [1.807, 2.05) is 18.2 Å². The van der Waals surface area contributed by atoms with Crippen LogP contribution in [0.5, 0.6) is 0 Å². The fourth-order valence-corrected chi connectivity index (χ4v) is 3.37. The van der Waals surface area contributed by atoms with Crippen LogP contribution < -0.4 is 5.32 Å². The number of aryl methyl sites for hydroxylation is 2. The van der Waals surface area contributed by atoms with Crippen molar-refractivity contribution in [1.82, 2.24) is 0 Å². The van der Waals surface area contributed by atoms with Crippen molar-refractivity contribution in [1.29, 1.82) is 5.26 Å². The Bertz CT molecular complexity index is 716. The molecule has 3 heteroatoms. The van der Waals surface area contributed by atoms with Gasteiger partial charge in [0.2, 0.25) is 0 Å². The number of halogens is 1. The van der Waals surface area contributed by atoms with Crippen LogP contribution in [0.1, 0.15) is 41.6 Å². The molecule has 1 aliphatic carbocycles. The highest BCUT2D eigenvalue weighted by Gasteiger charge is 2.14. The molecule has 0 amide bonds. The summed E-state index contributed by atoms with van der Waals surface area (Å²) in [5.41, 5.74) is 6.00. The molecule has 3 rings (SSSR count). The third kappa shape index (κ3) is 2.96. The van der Waals surface area contributed by atoms with E-state index in [0.29, 0.717) is 5.56 Å². The Balaban J connectivity index is 1.80. The van der Waals surface area contributed by atoms with Gasteiger partial charge in [-0.2, -0.15) is 5.26 Å². The number of nitrogens with one attached hydrogen (secondary N) is 1. The van der Waals surface area contributed by atoms with E-state index in [0.717, 1.165) is 10.2 Å². The van der Waals surface area contributed by atoms with Crippen LogP contribution in [0.25, 0.3) is 0 Å². The molecule has 1 N–H and O–H groups in total. The molecular formula is C18H17BrN2. The zero-order valence-electron chi connectivity index (χ0n) is 12.0. The summed E-state index contributed by atoms with van der Waals surface area (Å²) in [5, 5.41) is 12.4. The summed E-state index contributed by atoms with van der Waals surface area (Å²) < 4.78 is 0.926. The summed E-state index contributed by atoms with van der Waals surface area (Å²) in [6, 6.07) is 14.8. The first kappa shape index (κ1) is 14.2. The highest BCUT2D eigenvalue weighted by Crippen LogP contribution is 2.30. The van der Waals surface area contributed by atoms with Gasteiger partial charge in [-0.1, -0.05) is 18.2 Å². The maximum Gasteiger partial charge on any atom is 0.0992 e. The number of benzene rings is 2. The molecule has 2 nitrogen and oxygen atoms in total. The highest BCUT2D eigenvalue weighted by atomic mass is 79.9. The summed E-state index contributed by atoms with van der Waals surface area (Å²) in [6.07, 6.45) is 3.71. The van der Waals surface area contributed by atoms with Gasteiger partial charge >= 0.3 is 0 Å². The van der Waals surface area contributed by atoms with Gasteiger partial charge in [0.15, 0.2) is 0 Å². The molecule has 0 heterocycles. The van der Waals surface area contributed by atoms with Crippen molar-refractivity contribution in [3.8, 4) is 6.07 Å². The second kappa shape index (κ2) is 5.91. The van der Waals surface area contributed by atoms with Crippen molar-refractivity contribution in [3.63, 3.8) is 0 Å². The Hall–Kier alpha value is -1.79. The quantitative estimate of drug-likeness (QED) is 0.854. The number of hydrogen-bond donors (Lipinski definition) is 1. The number of anilines is 1. The van der Waals surface area contributed by atoms with Gasteiger partial charge in [0.25, 0.3) is 0 Å². The Labute approximate surface area is 133 Å². The topological polar surface area (TPSA) is 35.8 Å². The van der Waals surface area contributed by atoms with Crippen LogP contribution in [-0.2, 0) is 12.8 Å². The van der Waals surface area contributed by atoms with E-state index in [9.17, 15) is 0 Å². The van der Waals surface area contributed by atoms with Crippen LogP contribution in [0.15, 0.2) is 40.9 Å². The summed E-state index contributed by atoms with van der Waals surface area (Å²) in [7, 11) is 0. The Morgan fingerprint density at radius 3 is 2.71 bits per heavy atom. The smallest absolute Gasteiger partial charge is 0.0992 e. The number of nitriles is 1. The lowest BCUT2D eigenvalue weighted by Gasteiger charge is -2.18. The molecule has 0 radical (unpaired) electrons. The molecular weight excluding hydrogens is 324 g/mol. The molecule has 0 saturated heterocycles. The molecule has 1 atom stereocenters. The minimum Gasteiger partial charge on any atom is -0.378 e. The second-order valence-corrected chi connectivity index (χ2v) is 6.41. The third-order valence-electron chi connectivity index (χ3n) is 4.09. The number of nitrogens with zero attached hydrogens (tertiary/aromatic N) is 1. The lowest BCUT2D eigenvalue weighted by atomic mass is 10.0. The zero-order valence-corrected chi connectivity index (χ0v) is 13.6. The van der Waals surface area contributed by atoms with Crippen molar-refractivity contribution in [2.45, 2.75) is 32.2 Å². The van der Waals surface area contributed by atoms with Gasteiger partial charge in [-0.15, -0.1) is 0 Å². The molecule has 0 fully saturated rings. The number of hydrogen-bond acceptors (Lipinski definition) is 2. The van der Waals surface area contributed by atoms with E-state index in [1.165, 1.54) is 36.0 Å². The Kier molecular flexibility index (Phi) is 3.98. The molecule has 0 bridgehead atoms. The summed E-state index contributed by atoms with van der Waals surface area (Å²) in [5.74, 6) is 0. The second-order valence-electron chi connectivity index (χ2n) is 5.55. The SMILES string of the molecule is CC(Nc1ccc(C#N)cc1Br)c1ccc2c(c1)CCC2. The number of fused-ring (bicyclic) bond motifs is 1. The van der Waals surface area contributed by atoms with Gasteiger partial charge in [-0.25, -0.2) is 0 Å². The van der Waals surface area contributed by atoms with Crippen LogP contribution in [0, 0.1) is 11.3 Å². The molecule has 1 unspecified atom stereocenters. The minimum atomic E-state index is 0.236. The molecule has 0 spiro atoms. The maximum atomic E-state index is 8.91. The Morgan fingerprint density at radius 1 is 1.14 bits per heavy atom. The van der Waals surface area contributed by atoms with E-state index in [4.69, 9.17) is 5.26 Å². The molecule has 0 aromatic heterocycles. The molecule has 0 aliphatic heterocycles. The van der Waals surface area contributed by atoms with Gasteiger partial charge in [-0.05, 0) is 77.0 Å². The molecule has 2 aromatic rings. The first-order valence-corrected chi connectivity index (χ1v) is 8.04. The minimum absolute atomic E-state index is 0.236. The van der Waals surface area contributed by atoms with E-state index in [1.54, 1.807) is 0 Å². The lowest BCUT2D eigenvalue weighted by Crippen LogP contribution is -2.07. The molecule has 21 heavy (non-hydrogen) atoms. The predicted molar refractivity (Wildman–Crippen MR) is 89.4 cm³/mol. The zero-order chi connectivity index (χ0) is 14.8. The largest absolute Gasteiger partial charge is 0.378 e. The van der Waals surface area contributed by atoms with Gasteiger partial charge in [0, 0.05) is 16.2 Å². The standard InChI is InChI=1S/C18H17BrN2/c1-12(15-7-6-14-3-2-4-16(14)10-15)21-18-8-5-13(11-20)9-17(18)19/h5-10,12,21H,2-4H2,1H3. The molecule has 1 aliphatic rings. The molecule has 2 aromatic carbocycles. The van der Waals surface area contributed by atoms with Crippen LogP contribution >= 0.6 is 15.9 Å². The van der Waals surface area contributed by atoms with Crippen molar-refractivity contribution in [2.24, 2.45) is 0 Å². The Morgan fingerprint density at radius 2 is 1.95 bits per heavy atom. The summed E-state index contributed by atoms with van der Waals surface area (Å²) >= 11 is 3.53. The van der Waals surface area contributed by atoms with E-state index < -0.39 is 0 Å². The molecule has 0 saturated carbocycles. The molecule has 106 valence electrons. The van der Waals surface area contributed by atoms with E-state index in [-0.39, 0.29) is 6.04 Å². The van der Waals surface area contributed by atoms with Crippen molar-refractivity contribution in [3.05, 3.63) is 63.1 Å². The van der Waals surface area contributed by atoms with Crippen LogP contribution in [0.4, 0.5) is 5.69 Å². The monoisotopic (exact) mass is 340 g/mol. The normalized spacial score (nSPS) is 14.3.